The predicted molar refractivity (Wildman–Crippen MR) is 131 cm³/mol. The molecule has 0 N–H and O–H groups in total. The Balaban J connectivity index is 1.63. The van der Waals surface area contributed by atoms with E-state index in [1.165, 1.54) is 38.6 Å². The Morgan fingerprint density at radius 3 is 2.25 bits per heavy atom. The van der Waals surface area contributed by atoms with Crippen molar-refractivity contribution in [3.05, 3.63) is 108 Å². The van der Waals surface area contributed by atoms with Gasteiger partial charge in [0, 0.05) is 42.8 Å². The van der Waals surface area contributed by atoms with Crippen LogP contribution >= 0.6 is 0 Å². The summed E-state index contributed by atoms with van der Waals surface area (Å²) in [4.78, 5) is 0. The van der Waals surface area contributed by atoms with E-state index in [9.17, 15) is 0 Å². The van der Waals surface area contributed by atoms with Crippen molar-refractivity contribution in [1.82, 2.24) is 4.57 Å². The van der Waals surface area contributed by atoms with Gasteiger partial charge in [0.05, 0.1) is 5.52 Å². The van der Waals surface area contributed by atoms with Crippen molar-refractivity contribution < 1.29 is 9.30 Å². The minimum Gasteiger partial charge on any atom is -0.489 e. The molecular formula is C29H29N2O+. The molecule has 3 nitrogen and oxygen atoms in total. The lowest BCUT2D eigenvalue weighted by atomic mass is 10.1. The number of pyridine rings is 1. The number of aromatic nitrogens is 2. The molecule has 0 bridgehead atoms. The van der Waals surface area contributed by atoms with Crippen molar-refractivity contribution >= 4 is 21.8 Å². The van der Waals surface area contributed by atoms with Gasteiger partial charge in [0.15, 0.2) is 6.20 Å². The fourth-order valence-electron chi connectivity index (χ4n) is 4.57. The minimum absolute atomic E-state index is 0.570. The first kappa shape index (κ1) is 20.3. The van der Waals surface area contributed by atoms with Gasteiger partial charge in [-0.3, -0.25) is 0 Å². The average Bonchev–Trinajstić information content (AvgIpc) is 3.14. The molecule has 32 heavy (non-hydrogen) atoms. The Hall–Kier alpha value is -3.59. The van der Waals surface area contributed by atoms with Crippen molar-refractivity contribution in [2.75, 3.05) is 0 Å². The van der Waals surface area contributed by atoms with E-state index in [-0.39, 0.29) is 0 Å². The number of fused-ring (bicyclic) bond motifs is 3. The third kappa shape index (κ3) is 3.87. The summed E-state index contributed by atoms with van der Waals surface area (Å²) in [6.45, 7) is 6.90. The highest BCUT2D eigenvalue weighted by molar-refractivity contribution is 6.08. The average molecular weight is 422 g/mol. The summed E-state index contributed by atoms with van der Waals surface area (Å²) in [6.07, 6.45) is 3.35. The maximum atomic E-state index is 6.18. The summed E-state index contributed by atoms with van der Waals surface area (Å²) in [5, 5.41) is 2.57. The van der Waals surface area contributed by atoms with E-state index in [0.717, 1.165) is 25.3 Å². The zero-order chi connectivity index (χ0) is 21.9. The first-order chi connectivity index (χ1) is 15.7. The lowest BCUT2D eigenvalue weighted by Crippen LogP contribution is -2.36. The molecule has 5 aromatic rings. The molecule has 5 rings (SSSR count). The first-order valence-electron chi connectivity index (χ1n) is 11.4. The van der Waals surface area contributed by atoms with Gasteiger partial charge >= 0.3 is 0 Å². The molecule has 0 radical (unpaired) electrons. The zero-order valence-electron chi connectivity index (χ0n) is 18.8. The van der Waals surface area contributed by atoms with Crippen molar-refractivity contribution in [2.24, 2.45) is 0 Å². The van der Waals surface area contributed by atoms with Gasteiger partial charge in [-0.1, -0.05) is 67.6 Å². The highest BCUT2D eigenvalue weighted by Gasteiger charge is 2.19. The monoisotopic (exact) mass is 421 g/mol. The molecule has 0 unspecified atom stereocenters. The van der Waals surface area contributed by atoms with Gasteiger partial charge in [0.25, 0.3) is 0 Å². The SMILES string of the molecule is CCC[n+]1ccc2c3ccc(OCc4ccccc4)cc3n(Cc3ccccc3)c2c1C. The molecule has 0 aliphatic rings. The molecular weight excluding hydrogens is 392 g/mol. The zero-order valence-corrected chi connectivity index (χ0v) is 18.8. The molecule has 0 saturated carbocycles. The topological polar surface area (TPSA) is 18.0 Å². The van der Waals surface area contributed by atoms with Gasteiger partial charge in [0.2, 0.25) is 5.69 Å². The van der Waals surface area contributed by atoms with E-state index in [1.54, 1.807) is 0 Å². The number of nitrogens with zero attached hydrogens (tertiary/aromatic N) is 2. The Morgan fingerprint density at radius 2 is 1.53 bits per heavy atom. The second-order valence-corrected chi connectivity index (χ2v) is 8.38. The normalized spacial score (nSPS) is 11.3. The summed E-state index contributed by atoms with van der Waals surface area (Å²) in [5.41, 5.74) is 6.30. The number of hydrogen-bond donors (Lipinski definition) is 0. The third-order valence-corrected chi connectivity index (χ3v) is 6.17. The number of ether oxygens (including phenoxy) is 1. The number of aryl methyl sites for hydroxylation is 2. The molecule has 0 aliphatic heterocycles. The third-order valence-electron chi connectivity index (χ3n) is 6.17. The molecule has 0 fully saturated rings. The van der Waals surface area contributed by atoms with Crippen LogP contribution in [0.1, 0.15) is 30.2 Å². The van der Waals surface area contributed by atoms with E-state index in [4.69, 9.17) is 4.74 Å². The summed E-state index contributed by atoms with van der Waals surface area (Å²) in [6, 6.07) is 29.8. The maximum absolute atomic E-state index is 6.18. The fraction of sp³-hybridized carbons (Fsp3) is 0.207. The highest BCUT2D eigenvalue weighted by Crippen LogP contribution is 2.33. The van der Waals surface area contributed by atoms with Crippen molar-refractivity contribution in [3.63, 3.8) is 0 Å². The highest BCUT2D eigenvalue weighted by atomic mass is 16.5. The summed E-state index contributed by atoms with van der Waals surface area (Å²) in [7, 11) is 0. The maximum Gasteiger partial charge on any atom is 0.202 e. The number of hydrogen-bond acceptors (Lipinski definition) is 1. The second kappa shape index (κ2) is 8.88. The quantitative estimate of drug-likeness (QED) is 0.277. The smallest absolute Gasteiger partial charge is 0.202 e. The lowest BCUT2D eigenvalue weighted by Gasteiger charge is -2.10. The molecule has 0 saturated heterocycles. The Kier molecular flexibility index (Phi) is 5.64. The van der Waals surface area contributed by atoms with Crippen LogP contribution in [-0.4, -0.2) is 4.57 Å². The van der Waals surface area contributed by atoms with Crippen LogP contribution < -0.4 is 9.30 Å². The van der Waals surface area contributed by atoms with Crippen molar-refractivity contribution in [1.29, 1.82) is 0 Å². The minimum atomic E-state index is 0.570. The Labute approximate surface area is 189 Å². The van der Waals surface area contributed by atoms with Crippen LogP contribution in [0.25, 0.3) is 21.8 Å². The van der Waals surface area contributed by atoms with Gasteiger partial charge < -0.3 is 9.30 Å². The molecule has 0 amide bonds. The van der Waals surface area contributed by atoms with Crippen LogP contribution in [0.5, 0.6) is 5.75 Å². The van der Waals surface area contributed by atoms with Crippen LogP contribution in [0.15, 0.2) is 91.1 Å². The van der Waals surface area contributed by atoms with E-state index in [1.807, 2.05) is 18.2 Å². The van der Waals surface area contributed by atoms with Crippen LogP contribution in [0.4, 0.5) is 0 Å². The molecule has 160 valence electrons. The molecule has 0 aliphatic carbocycles. The van der Waals surface area contributed by atoms with Gasteiger partial charge in [-0.25, -0.2) is 4.57 Å². The van der Waals surface area contributed by atoms with Crippen LogP contribution in [0, 0.1) is 6.92 Å². The van der Waals surface area contributed by atoms with Gasteiger partial charge in [0.1, 0.15) is 24.4 Å². The van der Waals surface area contributed by atoms with E-state index < -0.39 is 0 Å². The van der Waals surface area contributed by atoms with Gasteiger partial charge in [-0.2, -0.15) is 0 Å². The fourth-order valence-corrected chi connectivity index (χ4v) is 4.57. The van der Waals surface area contributed by atoms with E-state index in [2.05, 4.69) is 95.9 Å². The van der Waals surface area contributed by atoms with Crippen LogP contribution in [0.3, 0.4) is 0 Å². The van der Waals surface area contributed by atoms with E-state index >= 15 is 0 Å². The predicted octanol–water partition coefficient (Wildman–Crippen LogP) is 6.43. The van der Waals surface area contributed by atoms with Gasteiger partial charge in [-0.15, -0.1) is 0 Å². The largest absolute Gasteiger partial charge is 0.489 e. The van der Waals surface area contributed by atoms with E-state index in [0.29, 0.717) is 6.61 Å². The van der Waals surface area contributed by atoms with Crippen LogP contribution in [0.2, 0.25) is 0 Å². The molecule has 0 spiro atoms. The van der Waals surface area contributed by atoms with Crippen molar-refractivity contribution in [2.45, 2.75) is 40.0 Å². The molecule has 0 atom stereocenters. The van der Waals surface area contributed by atoms with Gasteiger partial charge in [-0.05, 0) is 23.3 Å². The van der Waals surface area contributed by atoms with Crippen LogP contribution in [-0.2, 0) is 19.7 Å². The Bertz CT molecular complexity index is 1350. The summed E-state index contributed by atoms with van der Waals surface area (Å²) < 4.78 is 11.0. The second-order valence-electron chi connectivity index (χ2n) is 8.38. The first-order valence-corrected chi connectivity index (χ1v) is 11.4. The summed E-state index contributed by atoms with van der Waals surface area (Å²) in [5.74, 6) is 0.901. The molecule has 2 aromatic heterocycles. The lowest BCUT2D eigenvalue weighted by molar-refractivity contribution is -0.701. The molecule has 3 aromatic carbocycles. The standard InChI is InChI=1S/C29H29N2O/c1-3-17-30-18-16-27-26-15-14-25(32-21-24-12-8-5-9-13-24)19-28(26)31(29(27)22(30)2)20-23-10-6-4-7-11-23/h4-16,18-19H,3,17,20-21H2,1-2H3/q+1. The molecule has 2 heterocycles. The Morgan fingerprint density at radius 1 is 0.812 bits per heavy atom. The molecule has 3 heteroatoms. The van der Waals surface area contributed by atoms with Crippen molar-refractivity contribution in [3.8, 4) is 5.75 Å². The number of benzene rings is 3. The summed E-state index contributed by atoms with van der Waals surface area (Å²) >= 11 is 0. The number of rotatable bonds is 7.